The Morgan fingerprint density at radius 2 is 1.74 bits per heavy atom. The van der Waals surface area contributed by atoms with Crippen molar-refractivity contribution in [3.05, 3.63) is 70.8 Å². The van der Waals surface area contributed by atoms with E-state index in [1.54, 1.807) is 13.3 Å². The Hall–Kier alpha value is -4.51. The summed E-state index contributed by atoms with van der Waals surface area (Å²) < 4.78 is 7.59. The van der Waals surface area contributed by atoms with E-state index in [0.29, 0.717) is 29.0 Å². The summed E-state index contributed by atoms with van der Waals surface area (Å²) in [4.78, 5) is 36.6. The molecule has 0 atom stereocenters. The molecule has 0 bridgehead atoms. The van der Waals surface area contributed by atoms with Crippen molar-refractivity contribution in [3.63, 3.8) is 0 Å². The molecule has 1 fully saturated rings. The van der Waals surface area contributed by atoms with E-state index in [4.69, 9.17) is 9.72 Å². The molecule has 6 rings (SSSR count). The Morgan fingerprint density at radius 3 is 2.45 bits per heavy atom. The Morgan fingerprint density at radius 1 is 0.976 bits per heavy atom. The molecule has 42 heavy (non-hydrogen) atoms. The van der Waals surface area contributed by atoms with Gasteiger partial charge in [-0.1, -0.05) is 32.0 Å². The van der Waals surface area contributed by atoms with Crippen LogP contribution in [-0.2, 0) is 25.7 Å². The highest BCUT2D eigenvalue weighted by molar-refractivity contribution is 6.06. The number of likely N-dealkylation sites (N-methyl/N-ethyl adjacent to an activating group) is 1. The summed E-state index contributed by atoms with van der Waals surface area (Å²) in [6.45, 7) is 7.87. The number of benzene rings is 1. The maximum absolute atomic E-state index is 13.5. The van der Waals surface area contributed by atoms with Gasteiger partial charge in [0.2, 0.25) is 17.8 Å². The molecule has 2 N–H and O–H groups in total. The van der Waals surface area contributed by atoms with E-state index in [-0.39, 0.29) is 5.91 Å². The standard InChI is InChI=1S/C31H37N9O2/c1-5-20-8-7-9-21(6-2)26(20)35-28(41)23-12-13-40-25(23)11-10-22-18-32-30(36-27(22)40)34-24-19-33-31(37-29(24)42-4)39-16-14-38(3)15-17-39/h7-9,12-13,18-19H,5-6,10-11,14-17H2,1-4H3,(H,35,41)(H,32,34,36). The highest BCUT2D eigenvalue weighted by Gasteiger charge is 2.25. The van der Waals surface area contributed by atoms with Crippen LogP contribution in [0.5, 0.6) is 5.88 Å². The molecule has 3 aromatic heterocycles. The first-order chi connectivity index (χ1) is 20.5. The Bertz CT molecular complexity index is 1590. The van der Waals surface area contributed by atoms with Gasteiger partial charge < -0.3 is 29.7 Å². The molecule has 0 saturated carbocycles. The molecule has 0 spiro atoms. The van der Waals surface area contributed by atoms with Crippen molar-refractivity contribution in [2.24, 2.45) is 0 Å². The van der Waals surface area contributed by atoms with Crippen LogP contribution in [0.3, 0.4) is 0 Å². The van der Waals surface area contributed by atoms with Crippen molar-refractivity contribution in [3.8, 4) is 11.7 Å². The average molecular weight is 568 g/mol. The quantitative estimate of drug-likeness (QED) is 0.326. The van der Waals surface area contributed by atoms with Crippen LogP contribution in [0, 0.1) is 0 Å². The number of carbonyl (C=O) groups excluding carboxylic acids is 1. The molecule has 0 radical (unpaired) electrons. The molecule has 5 heterocycles. The predicted octanol–water partition coefficient (Wildman–Crippen LogP) is 4.04. The van der Waals surface area contributed by atoms with Crippen LogP contribution in [0.2, 0.25) is 0 Å². The van der Waals surface area contributed by atoms with E-state index >= 15 is 0 Å². The van der Waals surface area contributed by atoms with Gasteiger partial charge in [0, 0.05) is 55.5 Å². The number of aromatic nitrogens is 5. The zero-order valence-corrected chi connectivity index (χ0v) is 24.6. The Kier molecular flexibility index (Phi) is 7.75. The lowest BCUT2D eigenvalue weighted by Crippen LogP contribution is -2.45. The second-order valence-electron chi connectivity index (χ2n) is 10.7. The summed E-state index contributed by atoms with van der Waals surface area (Å²) in [5, 5.41) is 6.45. The summed E-state index contributed by atoms with van der Waals surface area (Å²) >= 11 is 0. The van der Waals surface area contributed by atoms with E-state index < -0.39 is 0 Å². The van der Waals surface area contributed by atoms with E-state index in [9.17, 15) is 4.79 Å². The van der Waals surface area contributed by atoms with Gasteiger partial charge in [0.25, 0.3) is 5.91 Å². The summed E-state index contributed by atoms with van der Waals surface area (Å²) in [7, 11) is 3.71. The molecular weight excluding hydrogens is 530 g/mol. The third-order valence-electron chi connectivity index (χ3n) is 8.14. The van der Waals surface area contributed by atoms with Gasteiger partial charge in [-0.15, -0.1) is 0 Å². The molecule has 2 aliphatic heterocycles. The minimum absolute atomic E-state index is 0.0995. The lowest BCUT2D eigenvalue weighted by atomic mass is 10.0. The molecule has 0 unspecified atom stereocenters. The number of ether oxygens (including phenoxy) is 1. The molecule has 0 aliphatic carbocycles. The number of nitrogens with zero attached hydrogens (tertiary/aromatic N) is 7. The second kappa shape index (κ2) is 11.8. The van der Waals surface area contributed by atoms with Crippen LogP contribution < -0.4 is 20.3 Å². The SMILES string of the molecule is CCc1cccc(CC)c1NC(=O)c1ccn2c1CCc1cnc(Nc3cnc(N4CCN(C)CC4)nc3OC)nc1-2. The highest BCUT2D eigenvalue weighted by Crippen LogP contribution is 2.31. The number of rotatable bonds is 8. The van der Waals surface area contributed by atoms with Crippen molar-refractivity contribution in [1.29, 1.82) is 0 Å². The number of hydrogen-bond acceptors (Lipinski definition) is 9. The predicted molar refractivity (Wildman–Crippen MR) is 163 cm³/mol. The highest BCUT2D eigenvalue weighted by atomic mass is 16.5. The molecule has 218 valence electrons. The third-order valence-corrected chi connectivity index (χ3v) is 8.14. The minimum Gasteiger partial charge on any atom is -0.479 e. The molecule has 1 amide bonds. The number of nitrogens with one attached hydrogen (secondary N) is 2. The summed E-state index contributed by atoms with van der Waals surface area (Å²) in [5.41, 5.74) is 6.41. The van der Waals surface area contributed by atoms with Gasteiger partial charge in [-0.25, -0.2) is 9.97 Å². The van der Waals surface area contributed by atoms with Gasteiger partial charge in [0.05, 0.1) is 18.9 Å². The fourth-order valence-electron chi connectivity index (χ4n) is 5.68. The zero-order chi connectivity index (χ0) is 29.2. The topological polar surface area (TPSA) is 113 Å². The fourth-order valence-corrected chi connectivity index (χ4v) is 5.68. The smallest absolute Gasteiger partial charge is 0.257 e. The number of aryl methyl sites for hydroxylation is 3. The minimum atomic E-state index is -0.0995. The van der Waals surface area contributed by atoms with Gasteiger partial charge in [0.1, 0.15) is 11.5 Å². The van der Waals surface area contributed by atoms with Crippen LogP contribution in [0.4, 0.5) is 23.3 Å². The van der Waals surface area contributed by atoms with E-state index in [2.05, 4.69) is 74.5 Å². The molecule has 1 aromatic carbocycles. The van der Waals surface area contributed by atoms with Gasteiger partial charge in [-0.3, -0.25) is 4.79 Å². The molecule has 1 saturated heterocycles. The number of anilines is 4. The first-order valence-electron chi connectivity index (χ1n) is 14.6. The van der Waals surface area contributed by atoms with Crippen molar-refractivity contribution in [2.45, 2.75) is 39.5 Å². The lowest BCUT2D eigenvalue weighted by molar-refractivity contribution is 0.102. The Labute approximate surface area is 246 Å². The molecule has 11 heteroatoms. The van der Waals surface area contributed by atoms with Gasteiger partial charge in [0.15, 0.2) is 0 Å². The molecule has 2 aliphatic rings. The maximum atomic E-state index is 13.5. The van der Waals surface area contributed by atoms with Crippen molar-refractivity contribution in [2.75, 3.05) is 55.9 Å². The molecular formula is C31H37N9O2. The normalized spacial score (nSPS) is 14.7. The first kappa shape index (κ1) is 27.6. The van der Waals surface area contributed by atoms with Crippen LogP contribution in [0.15, 0.2) is 42.9 Å². The fraction of sp³-hybridized carbons (Fsp3) is 0.387. The number of amides is 1. The molecule has 11 nitrogen and oxygen atoms in total. The summed E-state index contributed by atoms with van der Waals surface area (Å²) in [6.07, 6.45) is 8.65. The van der Waals surface area contributed by atoms with Crippen LogP contribution in [0.1, 0.15) is 46.6 Å². The average Bonchev–Trinajstić information content (AvgIpc) is 3.47. The Balaban J connectivity index is 1.24. The summed E-state index contributed by atoms with van der Waals surface area (Å²) in [5.74, 6) is 2.13. The number of methoxy groups -OCH3 is 1. The van der Waals surface area contributed by atoms with Crippen molar-refractivity contribution < 1.29 is 9.53 Å². The number of para-hydroxylation sites is 1. The maximum Gasteiger partial charge on any atom is 0.257 e. The zero-order valence-electron chi connectivity index (χ0n) is 24.6. The van der Waals surface area contributed by atoms with Crippen LogP contribution in [-0.4, -0.2) is 75.6 Å². The first-order valence-corrected chi connectivity index (χ1v) is 14.6. The van der Waals surface area contributed by atoms with Gasteiger partial charge >= 0.3 is 0 Å². The lowest BCUT2D eigenvalue weighted by Gasteiger charge is -2.32. The number of fused-ring (bicyclic) bond motifs is 3. The number of piperazine rings is 1. The van der Waals surface area contributed by atoms with Crippen molar-refractivity contribution in [1.82, 2.24) is 29.4 Å². The summed E-state index contributed by atoms with van der Waals surface area (Å²) in [6, 6.07) is 8.08. The van der Waals surface area contributed by atoms with E-state index in [1.807, 2.05) is 23.0 Å². The monoisotopic (exact) mass is 567 g/mol. The molecule has 4 aromatic rings. The third kappa shape index (κ3) is 5.27. The van der Waals surface area contributed by atoms with E-state index in [0.717, 1.165) is 85.8 Å². The van der Waals surface area contributed by atoms with Crippen LogP contribution >= 0.6 is 0 Å². The number of carbonyl (C=O) groups is 1. The van der Waals surface area contributed by atoms with E-state index in [1.165, 1.54) is 0 Å². The second-order valence-corrected chi connectivity index (χ2v) is 10.7. The van der Waals surface area contributed by atoms with Crippen LogP contribution in [0.25, 0.3) is 5.82 Å². The van der Waals surface area contributed by atoms with Crippen molar-refractivity contribution >= 4 is 29.2 Å². The van der Waals surface area contributed by atoms with Gasteiger partial charge in [-0.2, -0.15) is 9.97 Å². The van der Waals surface area contributed by atoms with Gasteiger partial charge in [-0.05, 0) is 49.9 Å². The largest absolute Gasteiger partial charge is 0.479 e. The number of hydrogen-bond donors (Lipinski definition) is 2.